The quantitative estimate of drug-likeness (QED) is 0.555. The van der Waals surface area contributed by atoms with Gasteiger partial charge in [0.1, 0.15) is 11.5 Å². The highest BCUT2D eigenvalue weighted by Crippen LogP contribution is 2.29. The van der Waals surface area contributed by atoms with E-state index in [1.165, 1.54) is 25.3 Å². The van der Waals surface area contributed by atoms with E-state index in [4.69, 9.17) is 16.3 Å². The summed E-state index contributed by atoms with van der Waals surface area (Å²) in [6.07, 6.45) is -0.836. The van der Waals surface area contributed by atoms with E-state index in [-0.39, 0.29) is 17.0 Å². The molecule has 0 saturated carbocycles. The highest BCUT2D eigenvalue weighted by molar-refractivity contribution is 9.10. The molecule has 0 fully saturated rings. The van der Waals surface area contributed by atoms with E-state index in [9.17, 15) is 14.7 Å². The van der Waals surface area contributed by atoms with Crippen molar-refractivity contribution < 1.29 is 24.2 Å². The Balaban J connectivity index is 2.07. The first-order valence-electron chi connectivity index (χ1n) is 7.15. The molecule has 0 aliphatic rings. The Hall–Kier alpha value is -2.25. The smallest absolute Gasteiger partial charge is 0.337 e. The van der Waals surface area contributed by atoms with Gasteiger partial charge in [-0.15, -0.1) is 0 Å². The minimum absolute atomic E-state index is 0.156. The van der Waals surface area contributed by atoms with E-state index < -0.39 is 18.0 Å². The van der Waals surface area contributed by atoms with Crippen LogP contribution in [0.2, 0.25) is 5.02 Å². The van der Waals surface area contributed by atoms with Gasteiger partial charge in [-0.3, -0.25) is 4.79 Å². The number of phenols is 1. The predicted molar refractivity (Wildman–Crippen MR) is 97.3 cm³/mol. The molecule has 6 nitrogen and oxygen atoms in total. The summed E-state index contributed by atoms with van der Waals surface area (Å²) in [4.78, 5) is 23.7. The average molecular weight is 429 g/mol. The number of anilines is 1. The minimum atomic E-state index is -0.836. The van der Waals surface area contributed by atoms with Crippen LogP contribution in [-0.2, 0) is 9.53 Å². The Morgan fingerprint density at radius 2 is 1.96 bits per heavy atom. The van der Waals surface area contributed by atoms with Crippen molar-refractivity contribution in [2.45, 2.75) is 13.0 Å². The second-order valence-electron chi connectivity index (χ2n) is 5.05. The van der Waals surface area contributed by atoms with Crippen molar-refractivity contribution in [1.29, 1.82) is 0 Å². The first-order chi connectivity index (χ1) is 11.8. The number of esters is 1. The highest BCUT2D eigenvalue weighted by atomic mass is 79.9. The van der Waals surface area contributed by atoms with Crippen molar-refractivity contribution in [1.82, 2.24) is 0 Å². The maximum absolute atomic E-state index is 12.2. The van der Waals surface area contributed by atoms with Crippen molar-refractivity contribution in [2.75, 3.05) is 12.4 Å². The predicted octanol–water partition coefficient (Wildman–Crippen LogP) is 4.00. The van der Waals surface area contributed by atoms with Crippen LogP contribution in [0.25, 0.3) is 0 Å². The number of aromatic hydroxyl groups is 1. The molecule has 0 radical (unpaired) electrons. The summed E-state index contributed by atoms with van der Waals surface area (Å²) in [5.74, 6) is -0.853. The lowest BCUT2D eigenvalue weighted by molar-refractivity contribution is -0.122. The molecule has 25 heavy (non-hydrogen) atoms. The number of phenolic OH excluding ortho intramolecular Hbond substituents is 1. The molecule has 8 heteroatoms. The van der Waals surface area contributed by atoms with Crippen LogP contribution >= 0.6 is 27.5 Å². The van der Waals surface area contributed by atoms with Crippen LogP contribution in [0, 0.1) is 0 Å². The summed E-state index contributed by atoms with van der Waals surface area (Å²) < 4.78 is 10.8. The lowest BCUT2D eigenvalue weighted by Gasteiger charge is -2.16. The molecule has 1 atom stereocenters. The van der Waals surface area contributed by atoms with Crippen molar-refractivity contribution >= 4 is 45.1 Å². The Morgan fingerprint density at radius 3 is 2.56 bits per heavy atom. The van der Waals surface area contributed by atoms with Gasteiger partial charge in [-0.25, -0.2) is 4.79 Å². The lowest BCUT2D eigenvalue weighted by atomic mass is 10.2. The van der Waals surface area contributed by atoms with E-state index >= 15 is 0 Å². The van der Waals surface area contributed by atoms with Gasteiger partial charge in [-0.2, -0.15) is 0 Å². The molecule has 2 aromatic carbocycles. The number of hydrogen-bond donors (Lipinski definition) is 2. The molecule has 0 aromatic heterocycles. The zero-order valence-electron chi connectivity index (χ0n) is 13.4. The molecule has 0 aliphatic carbocycles. The van der Waals surface area contributed by atoms with Gasteiger partial charge >= 0.3 is 5.97 Å². The molecule has 2 aromatic rings. The fourth-order valence-corrected chi connectivity index (χ4v) is 2.71. The highest BCUT2D eigenvalue weighted by Gasteiger charge is 2.18. The molecule has 132 valence electrons. The molecular formula is C17H15BrClNO5. The maximum atomic E-state index is 12.2. The normalized spacial score (nSPS) is 11.5. The van der Waals surface area contributed by atoms with E-state index in [0.29, 0.717) is 15.2 Å². The summed E-state index contributed by atoms with van der Waals surface area (Å²) in [6.45, 7) is 1.57. The molecule has 0 spiro atoms. The molecule has 0 heterocycles. The van der Waals surface area contributed by atoms with E-state index in [1.807, 2.05) is 0 Å². The van der Waals surface area contributed by atoms with Crippen molar-refractivity contribution in [3.05, 3.63) is 51.5 Å². The number of hydrogen-bond acceptors (Lipinski definition) is 5. The number of carbonyl (C=O) groups excluding carboxylic acids is 2. The fourth-order valence-electron chi connectivity index (χ4n) is 1.93. The minimum Gasteiger partial charge on any atom is -0.506 e. The first-order valence-corrected chi connectivity index (χ1v) is 8.33. The van der Waals surface area contributed by atoms with Crippen LogP contribution in [0.5, 0.6) is 11.5 Å². The van der Waals surface area contributed by atoms with Gasteiger partial charge in [-0.1, -0.05) is 11.6 Å². The number of benzene rings is 2. The molecule has 0 saturated heterocycles. The SMILES string of the molecule is COC(=O)c1ccc(NC(=O)C(C)Oc2ccc(Cl)cc2Br)c(O)c1. The summed E-state index contributed by atoms with van der Waals surface area (Å²) in [7, 11) is 1.24. The summed E-state index contributed by atoms with van der Waals surface area (Å²) in [5, 5.41) is 13.0. The first kappa shape index (κ1) is 19.1. The zero-order chi connectivity index (χ0) is 18.6. The van der Waals surface area contributed by atoms with Crippen LogP contribution in [0.15, 0.2) is 40.9 Å². The van der Waals surface area contributed by atoms with Gasteiger partial charge in [-0.05, 0) is 59.3 Å². The van der Waals surface area contributed by atoms with Gasteiger partial charge in [0.05, 0.1) is 22.8 Å². The number of halogens is 2. The average Bonchev–Trinajstić information content (AvgIpc) is 2.58. The Kier molecular flexibility index (Phi) is 6.27. The molecule has 0 aliphatic heterocycles. The van der Waals surface area contributed by atoms with Crippen LogP contribution in [-0.4, -0.2) is 30.2 Å². The van der Waals surface area contributed by atoms with E-state index in [2.05, 4.69) is 26.0 Å². The van der Waals surface area contributed by atoms with Crippen molar-refractivity contribution in [3.63, 3.8) is 0 Å². The topological polar surface area (TPSA) is 84.9 Å². The third kappa shape index (κ3) is 4.87. The van der Waals surface area contributed by atoms with Crippen LogP contribution in [0.4, 0.5) is 5.69 Å². The van der Waals surface area contributed by atoms with E-state index in [0.717, 1.165) is 0 Å². The Morgan fingerprint density at radius 1 is 1.24 bits per heavy atom. The maximum Gasteiger partial charge on any atom is 0.337 e. The van der Waals surface area contributed by atoms with Gasteiger partial charge in [0.2, 0.25) is 0 Å². The lowest BCUT2D eigenvalue weighted by Crippen LogP contribution is -2.30. The Bertz CT molecular complexity index is 812. The number of carbonyl (C=O) groups is 2. The molecule has 0 bridgehead atoms. The van der Waals surface area contributed by atoms with E-state index in [1.54, 1.807) is 25.1 Å². The van der Waals surface area contributed by atoms with Gasteiger partial charge < -0.3 is 19.9 Å². The van der Waals surface area contributed by atoms with Crippen LogP contribution < -0.4 is 10.1 Å². The van der Waals surface area contributed by atoms with Crippen LogP contribution in [0.3, 0.4) is 0 Å². The van der Waals surface area contributed by atoms with Gasteiger partial charge in [0, 0.05) is 5.02 Å². The second kappa shape index (κ2) is 8.22. The number of nitrogens with one attached hydrogen (secondary N) is 1. The van der Waals surface area contributed by atoms with Crippen molar-refractivity contribution in [2.24, 2.45) is 0 Å². The second-order valence-corrected chi connectivity index (χ2v) is 6.34. The third-order valence-electron chi connectivity index (χ3n) is 3.24. The standard InChI is InChI=1S/C17H15BrClNO5/c1-9(25-15-6-4-11(19)8-12(15)18)16(22)20-13-5-3-10(7-14(13)21)17(23)24-2/h3-9,21H,1-2H3,(H,20,22). The molecule has 1 amide bonds. The largest absolute Gasteiger partial charge is 0.506 e. The monoisotopic (exact) mass is 427 g/mol. The number of ether oxygens (including phenoxy) is 2. The van der Waals surface area contributed by atoms with Crippen LogP contribution in [0.1, 0.15) is 17.3 Å². The molecule has 2 N–H and O–H groups in total. The number of methoxy groups -OCH3 is 1. The van der Waals surface area contributed by atoms with Gasteiger partial charge in [0.15, 0.2) is 6.10 Å². The summed E-state index contributed by atoms with van der Waals surface area (Å²) in [5.41, 5.74) is 0.329. The zero-order valence-corrected chi connectivity index (χ0v) is 15.7. The van der Waals surface area contributed by atoms with Crippen molar-refractivity contribution in [3.8, 4) is 11.5 Å². The summed E-state index contributed by atoms with van der Waals surface area (Å²) >= 11 is 9.17. The summed E-state index contributed by atoms with van der Waals surface area (Å²) in [6, 6.07) is 8.98. The fraction of sp³-hybridized carbons (Fsp3) is 0.176. The van der Waals surface area contributed by atoms with Gasteiger partial charge in [0.25, 0.3) is 5.91 Å². The molecular weight excluding hydrogens is 414 g/mol. The Labute approximate surface area is 157 Å². The molecule has 1 unspecified atom stereocenters. The number of rotatable bonds is 5. The number of amides is 1. The third-order valence-corrected chi connectivity index (χ3v) is 4.10. The molecule has 2 rings (SSSR count).